The number of rotatable bonds is 7. The molecule has 0 saturated heterocycles. The van der Waals surface area contributed by atoms with Crippen molar-refractivity contribution in [2.45, 2.75) is 25.8 Å². The normalized spacial score (nSPS) is 10.8. The molecule has 22 heavy (non-hydrogen) atoms. The predicted octanol–water partition coefficient (Wildman–Crippen LogP) is 2.23. The minimum atomic E-state index is 0.751. The van der Waals surface area contributed by atoms with Crippen molar-refractivity contribution < 1.29 is 4.74 Å². The highest BCUT2D eigenvalue weighted by atomic mass is 16.5. The van der Waals surface area contributed by atoms with Gasteiger partial charge in [-0.05, 0) is 30.5 Å². The average Bonchev–Trinajstić information content (AvgIpc) is 3.20. The maximum absolute atomic E-state index is 5.26. The Morgan fingerprint density at radius 3 is 3.09 bits per heavy atom. The molecule has 0 unspecified atom stereocenters. The van der Waals surface area contributed by atoms with Crippen LogP contribution >= 0.6 is 0 Å². The van der Waals surface area contributed by atoms with Crippen LogP contribution in [-0.4, -0.2) is 31.8 Å². The van der Waals surface area contributed by atoms with E-state index in [0.29, 0.717) is 0 Å². The molecule has 0 fully saturated rings. The molecule has 0 atom stereocenters. The number of methoxy groups -OCH3 is 1. The number of aryl methyl sites for hydroxylation is 2. The Hall–Kier alpha value is -2.63. The van der Waals surface area contributed by atoms with Gasteiger partial charge in [-0.1, -0.05) is 12.1 Å². The summed E-state index contributed by atoms with van der Waals surface area (Å²) in [5, 5.41) is 8.27. The van der Waals surface area contributed by atoms with E-state index in [0.717, 1.165) is 43.1 Å². The molecule has 6 nitrogen and oxygen atoms in total. The number of nitrogens with zero attached hydrogens (tertiary/aromatic N) is 4. The maximum atomic E-state index is 5.26. The molecule has 6 heteroatoms. The lowest BCUT2D eigenvalue weighted by atomic mass is 10.1. The van der Waals surface area contributed by atoms with Crippen LogP contribution in [-0.2, 0) is 19.4 Å². The van der Waals surface area contributed by atoms with Crippen LogP contribution in [0.2, 0.25) is 0 Å². The number of ether oxygens (including phenoxy) is 1. The van der Waals surface area contributed by atoms with E-state index in [1.165, 1.54) is 5.56 Å². The second-order valence-corrected chi connectivity index (χ2v) is 5.15. The van der Waals surface area contributed by atoms with E-state index in [1.807, 2.05) is 24.4 Å². The predicted molar refractivity (Wildman–Crippen MR) is 82.7 cm³/mol. The molecular weight excluding hydrogens is 278 g/mol. The Morgan fingerprint density at radius 2 is 2.27 bits per heavy atom. The van der Waals surface area contributed by atoms with Gasteiger partial charge in [0.25, 0.3) is 0 Å². The summed E-state index contributed by atoms with van der Waals surface area (Å²) in [7, 11) is 1.68. The number of hydrogen-bond acceptors (Lipinski definition) is 4. The molecule has 3 aromatic rings. The first-order chi connectivity index (χ1) is 10.8. The van der Waals surface area contributed by atoms with Crippen molar-refractivity contribution in [1.29, 1.82) is 0 Å². The molecule has 114 valence electrons. The fourth-order valence-electron chi connectivity index (χ4n) is 2.43. The molecule has 2 aromatic heterocycles. The van der Waals surface area contributed by atoms with Crippen LogP contribution in [0.4, 0.5) is 0 Å². The topological polar surface area (TPSA) is 68.6 Å². The number of H-pyrrole nitrogens is 1. The highest BCUT2D eigenvalue weighted by Crippen LogP contribution is 2.15. The van der Waals surface area contributed by atoms with E-state index >= 15 is 0 Å². The smallest absolute Gasteiger partial charge is 0.137 e. The molecule has 0 radical (unpaired) electrons. The SMILES string of the molecule is COc1cccc(Cc2nncn2CCCc2cnc[nH]2)c1. The second-order valence-electron chi connectivity index (χ2n) is 5.15. The molecular formula is C16H19N5O. The lowest BCUT2D eigenvalue weighted by Gasteiger charge is -2.07. The summed E-state index contributed by atoms with van der Waals surface area (Å²) < 4.78 is 7.37. The monoisotopic (exact) mass is 297 g/mol. The van der Waals surface area contributed by atoms with Gasteiger partial charge in [0.1, 0.15) is 17.9 Å². The number of hydrogen-bond donors (Lipinski definition) is 1. The number of nitrogens with one attached hydrogen (secondary N) is 1. The van der Waals surface area contributed by atoms with Gasteiger partial charge < -0.3 is 14.3 Å². The molecule has 0 aliphatic rings. The number of benzene rings is 1. The van der Waals surface area contributed by atoms with Crippen LogP contribution in [0.5, 0.6) is 5.75 Å². The summed E-state index contributed by atoms with van der Waals surface area (Å²) in [5.41, 5.74) is 2.32. The second kappa shape index (κ2) is 6.89. The van der Waals surface area contributed by atoms with Gasteiger partial charge in [-0.2, -0.15) is 0 Å². The fourth-order valence-corrected chi connectivity index (χ4v) is 2.43. The van der Waals surface area contributed by atoms with Gasteiger partial charge in [-0.15, -0.1) is 10.2 Å². The van der Waals surface area contributed by atoms with Gasteiger partial charge in [-0.3, -0.25) is 0 Å². The van der Waals surface area contributed by atoms with Crippen LogP contribution in [0.3, 0.4) is 0 Å². The van der Waals surface area contributed by atoms with Gasteiger partial charge in [-0.25, -0.2) is 4.98 Å². The third-order valence-electron chi connectivity index (χ3n) is 3.59. The third-order valence-corrected chi connectivity index (χ3v) is 3.59. The molecule has 0 aliphatic heterocycles. The van der Waals surface area contributed by atoms with Gasteiger partial charge in [0.15, 0.2) is 0 Å². The molecule has 1 aromatic carbocycles. The summed E-state index contributed by atoms with van der Waals surface area (Å²) in [4.78, 5) is 7.15. The number of imidazole rings is 1. The van der Waals surface area contributed by atoms with Crippen LogP contribution in [0.15, 0.2) is 43.1 Å². The molecule has 0 bridgehead atoms. The maximum Gasteiger partial charge on any atom is 0.137 e. The van der Waals surface area contributed by atoms with E-state index in [-0.39, 0.29) is 0 Å². The molecule has 0 aliphatic carbocycles. The largest absolute Gasteiger partial charge is 0.497 e. The lowest BCUT2D eigenvalue weighted by molar-refractivity contribution is 0.414. The molecule has 2 heterocycles. The standard InChI is InChI=1S/C16H19N5O/c1-22-15-6-2-4-13(8-15)9-16-20-19-12-21(16)7-3-5-14-10-17-11-18-14/h2,4,6,8,10-12H,3,5,7,9H2,1H3,(H,17,18). The summed E-state index contributed by atoms with van der Waals surface area (Å²) in [6.45, 7) is 0.894. The summed E-state index contributed by atoms with van der Waals surface area (Å²) >= 11 is 0. The Bertz CT molecular complexity index is 705. The van der Waals surface area contributed by atoms with Crippen molar-refractivity contribution in [2.24, 2.45) is 0 Å². The van der Waals surface area contributed by atoms with Crippen molar-refractivity contribution >= 4 is 0 Å². The number of aromatic amines is 1. The van der Waals surface area contributed by atoms with E-state index in [2.05, 4.69) is 30.8 Å². The first-order valence-corrected chi connectivity index (χ1v) is 7.32. The van der Waals surface area contributed by atoms with Crippen molar-refractivity contribution in [3.63, 3.8) is 0 Å². The summed E-state index contributed by atoms with van der Waals surface area (Å²) in [6.07, 6.45) is 8.11. The summed E-state index contributed by atoms with van der Waals surface area (Å²) in [5.74, 6) is 1.83. The number of aromatic nitrogens is 5. The molecule has 0 saturated carbocycles. The first-order valence-electron chi connectivity index (χ1n) is 7.32. The van der Waals surface area contributed by atoms with Crippen LogP contribution in [0, 0.1) is 0 Å². The van der Waals surface area contributed by atoms with Crippen LogP contribution < -0.4 is 4.74 Å². The first kappa shape index (κ1) is 14.3. The minimum Gasteiger partial charge on any atom is -0.497 e. The zero-order valence-corrected chi connectivity index (χ0v) is 12.6. The zero-order chi connectivity index (χ0) is 15.2. The van der Waals surface area contributed by atoms with E-state index in [4.69, 9.17) is 4.74 Å². The molecule has 3 rings (SSSR count). The van der Waals surface area contributed by atoms with Gasteiger partial charge in [0, 0.05) is 24.9 Å². The van der Waals surface area contributed by atoms with Crippen molar-refractivity contribution in [3.8, 4) is 5.75 Å². The molecule has 0 spiro atoms. The fraction of sp³-hybridized carbons (Fsp3) is 0.312. The highest BCUT2D eigenvalue weighted by molar-refractivity contribution is 5.30. The van der Waals surface area contributed by atoms with E-state index < -0.39 is 0 Å². The molecule has 0 amide bonds. The van der Waals surface area contributed by atoms with Gasteiger partial charge in [0.2, 0.25) is 0 Å². The lowest BCUT2D eigenvalue weighted by Crippen LogP contribution is -2.05. The Labute approximate surface area is 129 Å². The van der Waals surface area contributed by atoms with Crippen molar-refractivity contribution in [2.75, 3.05) is 7.11 Å². The van der Waals surface area contributed by atoms with Crippen LogP contribution in [0.1, 0.15) is 23.5 Å². The highest BCUT2D eigenvalue weighted by Gasteiger charge is 2.06. The van der Waals surface area contributed by atoms with E-state index in [1.54, 1.807) is 19.8 Å². The Kier molecular flexibility index (Phi) is 4.48. The molecule has 1 N–H and O–H groups in total. The summed E-state index contributed by atoms with van der Waals surface area (Å²) in [6, 6.07) is 8.04. The van der Waals surface area contributed by atoms with Crippen molar-refractivity contribution in [1.82, 2.24) is 24.7 Å². The third kappa shape index (κ3) is 3.52. The van der Waals surface area contributed by atoms with Crippen LogP contribution in [0.25, 0.3) is 0 Å². The average molecular weight is 297 g/mol. The quantitative estimate of drug-likeness (QED) is 0.726. The zero-order valence-electron chi connectivity index (χ0n) is 12.6. The van der Waals surface area contributed by atoms with Crippen molar-refractivity contribution in [3.05, 3.63) is 60.2 Å². The van der Waals surface area contributed by atoms with E-state index in [9.17, 15) is 0 Å². The minimum absolute atomic E-state index is 0.751. The van der Waals surface area contributed by atoms with Gasteiger partial charge in [0.05, 0.1) is 13.4 Å². The van der Waals surface area contributed by atoms with Gasteiger partial charge >= 0.3 is 0 Å². The Balaban J connectivity index is 1.61. The Morgan fingerprint density at radius 1 is 1.32 bits per heavy atom.